The number of halogens is 1. The summed E-state index contributed by atoms with van der Waals surface area (Å²) in [4.78, 5) is 23.7. The minimum atomic E-state index is -0.889. The second-order valence-electron chi connectivity index (χ2n) is 4.20. The number of amides is 1. The average Bonchev–Trinajstić information content (AvgIpc) is 2.43. The molecule has 0 fully saturated rings. The summed E-state index contributed by atoms with van der Waals surface area (Å²) in [7, 11) is 0. The number of carbonyl (C=O) groups excluding carboxylic acids is 1. The second kappa shape index (κ2) is 7.54. The Morgan fingerprint density at radius 3 is 2.55 bits per heavy atom. The molecule has 0 aliphatic heterocycles. The molecule has 110 valence electrons. The van der Waals surface area contributed by atoms with E-state index < -0.39 is 16.6 Å². The lowest BCUT2D eigenvalue weighted by Gasteiger charge is -2.17. The summed E-state index contributed by atoms with van der Waals surface area (Å²) in [6, 6.07) is 2.99. The molecule has 0 saturated heterocycles. The van der Waals surface area contributed by atoms with Gasteiger partial charge >= 0.3 is 0 Å². The number of nitro groups is 1. The normalized spacial score (nSPS) is 10.6. The molecule has 0 aromatic heterocycles. The van der Waals surface area contributed by atoms with Crippen LogP contribution in [0.25, 0.3) is 0 Å². The van der Waals surface area contributed by atoms with Crippen LogP contribution in [0.1, 0.15) is 24.2 Å². The van der Waals surface area contributed by atoms with E-state index >= 15 is 0 Å². The quantitative estimate of drug-likeness (QED) is 0.611. The number of carbonyl (C=O) groups is 1. The maximum Gasteiger partial charge on any atom is 0.272 e. The molecule has 0 saturated carbocycles. The number of benzene rings is 1. The zero-order valence-corrected chi connectivity index (χ0v) is 11.6. The Bertz CT molecular complexity index is 490. The maximum absolute atomic E-state index is 13.6. The van der Waals surface area contributed by atoms with Crippen LogP contribution in [-0.4, -0.2) is 41.9 Å². The first-order chi connectivity index (χ1) is 9.49. The number of hydrogen-bond acceptors (Lipinski definition) is 4. The van der Waals surface area contributed by atoms with Gasteiger partial charge in [0.15, 0.2) is 0 Å². The van der Waals surface area contributed by atoms with Gasteiger partial charge in [0.2, 0.25) is 0 Å². The van der Waals surface area contributed by atoms with Crippen LogP contribution in [-0.2, 0) is 0 Å². The Labute approximate surface area is 116 Å². The predicted octanol–water partition coefficient (Wildman–Crippen LogP) is 1.81. The summed E-state index contributed by atoms with van der Waals surface area (Å²) in [6.45, 7) is 6.85. The number of nitro benzene ring substituents is 1. The van der Waals surface area contributed by atoms with Crippen LogP contribution in [0.3, 0.4) is 0 Å². The zero-order chi connectivity index (χ0) is 15.1. The molecule has 1 aromatic carbocycles. The molecule has 7 heteroatoms. The van der Waals surface area contributed by atoms with Crippen LogP contribution < -0.4 is 5.32 Å². The summed E-state index contributed by atoms with van der Waals surface area (Å²) in [5, 5.41) is 13.1. The van der Waals surface area contributed by atoms with Crippen LogP contribution in [0, 0.1) is 15.9 Å². The Morgan fingerprint density at radius 2 is 2.05 bits per heavy atom. The maximum atomic E-state index is 13.6. The molecule has 0 unspecified atom stereocenters. The molecule has 0 heterocycles. The number of nitrogens with one attached hydrogen (secondary N) is 1. The molecule has 6 nitrogen and oxygen atoms in total. The van der Waals surface area contributed by atoms with Gasteiger partial charge in [-0.3, -0.25) is 14.9 Å². The third kappa shape index (κ3) is 4.27. The highest BCUT2D eigenvalue weighted by Gasteiger charge is 2.15. The van der Waals surface area contributed by atoms with Crippen molar-refractivity contribution in [1.82, 2.24) is 10.2 Å². The largest absolute Gasteiger partial charge is 0.351 e. The monoisotopic (exact) mass is 283 g/mol. The van der Waals surface area contributed by atoms with Gasteiger partial charge in [0.05, 0.1) is 16.6 Å². The summed E-state index contributed by atoms with van der Waals surface area (Å²) in [6.07, 6.45) is 0. The molecule has 1 amide bonds. The summed E-state index contributed by atoms with van der Waals surface area (Å²) in [5.41, 5.74) is -0.558. The van der Waals surface area contributed by atoms with Gasteiger partial charge in [0, 0.05) is 19.2 Å². The Balaban J connectivity index is 2.62. The number of non-ortho nitro benzene ring substituents is 1. The molecular weight excluding hydrogens is 265 g/mol. The van der Waals surface area contributed by atoms with Crippen LogP contribution in [0.15, 0.2) is 18.2 Å². The lowest BCUT2D eigenvalue weighted by molar-refractivity contribution is -0.385. The van der Waals surface area contributed by atoms with Crippen LogP contribution in [0.4, 0.5) is 10.1 Å². The third-order valence-corrected chi connectivity index (χ3v) is 3.02. The third-order valence-electron chi connectivity index (χ3n) is 3.02. The molecule has 0 atom stereocenters. The highest BCUT2D eigenvalue weighted by atomic mass is 19.1. The summed E-state index contributed by atoms with van der Waals surface area (Å²) < 4.78 is 13.6. The van der Waals surface area contributed by atoms with E-state index in [1.807, 2.05) is 13.8 Å². The van der Waals surface area contributed by atoms with E-state index in [0.29, 0.717) is 13.1 Å². The smallest absolute Gasteiger partial charge is 0.272 e. The Kier molecular flexibility index (Phi) is 6.05. The van der Waals surface area contributed by atoms with Crippen molar-refractivity contribution >= 4 is 11.6 Å². The first-order valence-corrected chi connectivity index (χ1v) is 6.44. The first kappa shape index (κ1) is 16.0. The van der Waals surface area contributed by atoms with E-state index in [-0.39, 0.29) is 11.3 Å². The van der Waals surface area contributed by atoms with E-state index in [2.05, 4.69) is 10.2 Å². The Morgan fingerprint density at radius 1 is 1.40 bits per heavy atom. The van der Waals surface area contributed by atoms with Gasteiger partial charge in [-0.2, -0.15) is 0 Å². The fourth-order valence-electron chi connectivity index (χ4n) is 1.76. The van der Waals surface area contributed by atoms with Gasteiger partial charge in [0.25, 0.3) is 11.6 Å². The van der Waals surface area contributed by atoms with E-state index in [1.54, 1.807) is 0 Å². The topological polar surface area (TPSA) is 75.5 Å². The second-order valence-corrected chi connectivity index (χ2v) is 4.20. The van der Waals surface area contributed by atoms with Crippen molar-refractivity contribution in [2.45, 2.75) is 13.8 Å². The fraction of sp³-hybridized carbons (Fsp3) is 0.462. The van der Waals surface area contributed by atoms with Gasteiger partial charge in [-0.25, -0.2) is 4.39 Å². The molecule has 0 aliphatic carbocycles. The van der Waals surface area contributed by atoms with Crippen molar-refractivity contribution in [1.29, 1.82) is 0 Å². The minimum Gasteiger partial charge on any atom is -0.351 e. The lowest BCUT2D eigenvalue weighted by Crippen LogP contribution is -2.35. The van der Waals surface area contributed by atoms with Crippen molar-refractivity contribution < 1.29 is 14.1 Å². The van der Waals surface area contributed by atoms with Gasteiger partial charge < -0.3 is 10.2 Å². The Hall–Kier alpha value is -2.02. The molecular formula is C13H18FN3O3. The number of rotatable bonds is 7. The predicted molar refractivity (Wildman–Crippen MR) is 73.2 cm³/mol. The van der Waals surface area contributed by atoms with E-state index in [0.717, 1.165) is 31.3 Å². The highest BCUT2D eigenvalue weighted by Crippen LogP contribution is 2.16. The van der Waals surface area contributed by atoms with Gasteiger partial charge in [-0.05, 0) is 19.2 Å². The van der Waals surface area contributed by atoms with E-state index in [9.17, 15) is 19.3 Å². The fourth-order valence-corrected chi connectivity index (χ4v) is 1.76. The highest BCUT2D eigenvalue weighted by molar-refractivity contribution is 5.94. The molecule has 0 radical (unpaired) electrons. The van der Waals surface area contributed by atoms with Crippen molar-refractivity contribution in [2.24, 2.45) is 0 Å². The zero-order valence-electron chi connectivity index (χ0n) is 11.6. The molecule has 0 spiro atoms. The number of nitrogens with zero attached hydrogens (tertiary/aromatic N) is 2. The number of likely N-dealkylation sites (N-methyl/N-ethyl adjacent to an activating group) is 1. The van der Waals surface area contributed by atoms with Crippen LogP contribution in [0.5, 0.6) is 0 Å². The van der Waals surface area contributed by atoms with Gasteiger partial charge in [-0.15, -0.1) is 0 Å². The van der Waals surface area contributed by atoms with Gasteiger partial charge in [0.1, 0.15) is 5.82 Å². The summed E-state index contributed by atoms with van der Waals surface area (Å²) >= 11 is 0. The molecule has 20 heavy (non-hydrogen) atoms. The SMILES string of the molecule is CCN(CC)CCNC(=O)c1ccc([N+](=O)[O-])cc1F. The van der Waals surface area contributed by atoms with Crippen molar-refractivity contribution in [3.63, 3.8) is 0 Å². The van der Waals surface area contributed by atoms with Gasteiger partial charge in [-0.1, -0.05) is 13.8 Å². The minimum absolute atomic E-state index is 0.185. The average molecular weight is 283 g/mol. The standard InChI is InChI=1S/C13H18FN3O3/c1-3-16(4-2)8-7-15-13(18)11-6-5-10(17(19)20)9-12(11)14/h5-6,9H,3-4,7-8H2,1-2H3,(H,15,18). The molecule has 0 aliphatic rings. The van der Waals surface area contributed by atoms with Crippen LogP contribution in [0.2, 0.25) is 0 Å². The molecule has 1 rings (SSSR count). The van der Waals surface area contributed by atoms with Crippen LogP contribution >= 0.6 is 0 Å². The van der Waals surface area contributed by atoms with Crippen molar-refractivity contribution in [3.8, 4) is 0 Å². The lowest BCUT2D eigenvalue weighted by atomic mass is 10.2. The summed E-state index contributed by atoms with van der Waals surface area (Å²) in [5.74, 6) is -1.45. The molecule has 1 N–H and O–H groups in total. The van der Waals surface area contributed by atoms with E-state index in [4.69, 9.17) is 0 Å². The molecule has 1 aromatic rings. The number of hydrogen-bond donors (Lipinski definition) is 1. The first-order valence-electron chi connectivity index (χ1n) is 6.44. The van der Waals surface area contributed by atoms with Crippen molar-refractivity contribution in [3.05, 3.63) is 39.7 Å². The molecule has 0 bridgehead atoms. The van der Waals surface area contributed by atoms with Crippen molar-refractivity contribution in [2.75, 3.05) is 26.2 Å². The van der Waals surface area contributed by atoms with E-state index in [1.165, 1.54) is 0 Å².